The SMILES string of the molecule is FC(F)(F)c1noc(C2CC3(CNC3)C2)n1.O=C(O)C(F)(F)F. The molecule has 1 spiro atoms. The van der Waals surface area contributed by atoms with Crippen molar-refractivity contribution < 1.29 is 40.8 Å². The molecule has 1 aromatic rings. The summed E-state index contributed by atoms with van der Waals surface area (Å²) in [5.74, 6) is -3.79. The van der Waals surface area contributed by atoms with E-state index in [1.54, 1.807) is 0 Å². The third kappa shape index (κ3) is 3.92. The second-order valence-corrected chi connectivity index (χ2v) is 5.47. The first-order valence-electron chi connectivity index (χ1n) is 6.35. The van der Waals surface area contributed by atoms with Crippen LogP contribution in [0.15, 0.2) is 4.52 Å². The molecule has 0 radical (unpaired) electrons. The average molecular weight is 347 g/mol. The summed E-state index contributed by atoms with van der Waals surface area (Å²) < 4.78 is 73.1. The summed E-state index contributed by atoms with van der Waals surface area (Å²) in [6, 6.07) is 0. The van der Waals surface area contributed by atoms with Gasteiger partial charge in [0.15, 0.2) is 0 Å². The molecule has 2 fully saturated rings. The second-order valence-electron chi connectivity index (χ2n) is 5.47. The zero-order chi connectivity index (χ0) is 17.5. The fourth-order valence-corrected chi connectivity index (χ4v) is 2.44. The molecule has 2 heterocycles. The largest absolute Gasteiger partial charge is 0.490 e. The predicted molar refractivity (Wildman–Crippen MR) is 60.3 cm³/mol. The van der Waals surface area contributed by atoms with Crippen LogP contribution in [0.5, 0.6) is 0 Å². The van der Waals surface area contributed by atoms with Gasteiger partial charge >= 0.3 is 18.3 Å². The number of alkyl halides is 6. The summed E-state index contributed by atoms with van der Waals surface area (Å²) in [6.45, 7) is 1.90. The molecule has 1 aliphatic heterocycles. The molecule has 1 saturated carbocycles. The van der Waals surface area contributed by atoms with Crippen LogP contribution < -0.4 is 5.32 Å². The fraction of sp³-hybridized carbons (Fsp3) is 0.727. The molecule has 0 atom stereocenters. The molecular formula is C11H11F6N3O3. The Labute approximate surface area is 124 Å². The van der Waals surface area contributed by atoms with Crippen LogP contribution in [0, 0.1) is 5.41 Å². The molecule has 0 aromatic carbocycles. The van der Waals surface area contributed by atoms with Gasteiger partial charge in [-0.2, -0.15) is 31.3 Å². The highest BCUT2D eigenvalue weighted by atomic mass is 19.4. The van der Waals surface area contributed by atoms with Crippen molar-refractivity contribution in [1.82, 2.24) is 15.5 Å². The minimum absolute atomic E-state index is 0.00528. The highest BCUT2D eigenvalue weighted by molar-refractivity contribution is 5.73. The third-order valence-corrected chi connectivity index (χ3v) is 3.65. The third-order valence-electron chi connectivity index (χ3n) is 3.65. The number of hydrogen-bond donors (Lipinski definition) is 2. The zero-order valence-corrected chi connectivity index (χ0v) is 11.3. The molecule has 23 heavy (non-hydrogen) atoms. The van der Waals surface area contributed by atoms with Crippen molar-refractivity contribution in [3.8, 4) is 0 Å². The van der Waals surface area contributed by atoms with Crippen LogP contribution in [-0.2, 0) is 11.0 Å². The quantitative estimate of drug-likeness (QED) is 0.757. The molecule has 1 aromatic heterocycles. The molecule has 3 rings (SSSR count). The predicted octanol–water partition coefficient (Wildman–Crippen LogP) is 2.19. The molecule has 1 aliphatic carbocycles. The van der Waals surface area contributed by atoms with E-state index in [4.69, 9.17) is 9.90 Å². The maximum atomic E-state index is 12.2. The number of carbonyl (C=O) groups is 1. The monoisotopic (exact) mass is 347 g/mol. The summed E-state index contributed by atoms with van der Waals surface area (Å²) in [6.07, 6.45) is -7.90. The van der Waals surface area contributed by atoms with Gasteiger partial charge in [0, 0.05) is 19.0 Å². The van der Waals surface area contributed by atoms with Crippen molar-refractivity contribution in [2.45, 2.75) is 31.1 Å². The summed E-state index contributed by atoms with van der Waals surface area (Å²) >= 11 is 0. The van der Waals surface area contributed by atoms with E-state index in [9.17, 15) is 26.3 Å². The first-order valence-corrected chi connectivity index (χ1v) is 6.35. The lowest BCUT2D eigenvalue weighted by molar-refractivity contribution is -0.192. The lowest BCUT2D eigenvalue weighted by Gasteiger charge is -2.53. The first kappa shape index (κ1) is 17.5. The lowest BCUT2D eigenvalue weighted by atomic mass is 9.58. The van der Waals surface area contributed by atoms with Gasteiger partial charge in [-0.3, -0.25) is 0 Å². The summed E-state index contributed by atoms with van der Waals surface area (Å²) in [4.78, 5) is 12.3. The van der Waals surface area contributed by atoms with E-state index in [0.717, 1.165) is 25.9 Å². The number of halogens is 6. The number of nitrogens with one attached hydrogen (secondary N) is 1. The molecule has 0 amide bonds. The number of aromatic nitrogens is 2. The maximum Gasteiger partial charge on any atom is 0.490 e. The van der Waals surface area contributed by atoms with Crippen molar-refractivity contribution >= 4 is 5.97 Å². The highest BCUT2D eigenvalue weighted by Crippen LogP contribution is 2.52. The Balaban J connectivity index is 0.000000236. The van der Waals surface area contributed by atoms with Crippen LogP contribution in [0.4, 0.5) is 26.3 Å². The van der Waals surface area contributed by atoms with E-state index in [1.165, 1.54) is 0 Å². The molecule has 0 bridgehead atoms. The fourth-order valence-electron chi connectivity index (χ4n) is 2.44. The van der Waals surface area contributed by atoms with Crippen LogP contribution >= 0.6 is 0 Å². The Morgan fingerprint density at radius 1 is 1.22 bits per heavy atom. The summed E-state index contributed by atoms with van der Waals surface area (Å²) in [7, 11) is 0. The Morgan fingerprint density at radius 3 is 2.04 bits per heavy atom. The molecule has 1 saturated heterocycles. The van der Waals surface area contributed by atoms with E-state index >= 15 is 0 Å². The molecular weight excluding hydrogens is 336 g/mol. The minimum Gasteiger partial charge on any atom is -0.475 e. The Kier molecular flexibility index (Phi) is 4.30. The van der Waals surface area contributed by atoms with E-state index in [0.29, 0.717) is 0 Å². The van der Waals surface area contributed by atoms with E-state index < -0.39 is 24.1 Å². The number of carboxylic acids is 1. The zero-order valence-electron chi connectivity index (χ0n) is 11.3. The normalized spacial score (nSPS) is 20.3. The van der Waals surface area contributed by atoms with Crippen LogP contribution in [-0.4, -0.2) is 40.5 Å². The molecule has 2 N–H and O–H groups in total. The summed E-state index contributed by atoms with van der Waals surface area (Å²) in [5, 5.41) is 13.2. The van der Waals surface area contributed by atoms with Gasteiger partial charge in [-0.1, -0.05) is 5.16 Å². The average Bonchev–Trinajstić information content (AvgIpc) is 2.73. The van der Waals surface area contributed by atoms with Gasteiger partial charge in [0.25, 0.3) is 5.82 Å². The van der Waals surface area contributed by atoms with Gasteiger partial charge < -0.3 is 14.9 Å². The number of aliphatic carboxylic acids is 1. The highest BCUT2D eigenvalue weighted by Gasteiger charge is 2.51. The van der Waals surface area contributed by atoms with Crippen LogP contribution in [0.2, 0.25) is 0 Å². The molecule has 0 unspecified atom stereocenters. The van der Waals surface area contributed by atoms with E-state index in [-0.39, 0.29) is 17.2 Å². The van der Waals surface area contributed by atoms with Crippen molar-refractivity contribution in [2.75, 3.05) is 13.1 Å². The molecule has 6 nitrogen and oxygen atoms in total. The minimum atomic E-state index is -5.08. The van der Waals surface area contributed by atoms with Gasteiger partial charge in [0.05, 0.1) is 0 Å². The second kappa shape index (κ2) is 5.65. The van der Waals surface area contributed by atoms with Crippen LogP contribution in [0.1, 0.15) is 30.5 Å². The Bertz CT molecular complexity index is 570. The number of carboxylic acid groups (broad SMARTS) is 1. The number of hydrogen-bond acceptors (Lipinski definition) is 5. The first-order chi connectivity index (χ1) is 10.4. The van der Waals surface area contributed by atoms with Gasteiger partial charge in [-0.25, -0.2) is 4.79 Å². The summed E-state index contributed by atoms with van der Waals surface area (Å²) in [5.41, 5.74) is 0.289. The van der Waals surface area contributed by atoms with Gasteiger partial charge in [0.1, 0.15) is 0 Å². The lowest BCUT2D eigenvalue weighted by Crippen LogP contribution is -2.59. The smallest absolute Gasteiger partial charge is 0.475 e. The Hall–Kier alpha value is -1.85. The van der Waals surface area contributed by atoms with Crippen molar-refractivity contribution in [1.29, 1.82) is 0 Å². The molecule has 12 heteroatoms. The van der Waals surface area contributed by atoms with Crippen molar-refractivity contribution in [3.63, 3.8) is 0 Å². The van der Waals surface area contributed by atoms with E-state index in [1.807, 2.05) is 0 Å². The molecule has 130 valence electrons. The molecule has 2 aliphatic rings. The Morgan fingerprint density at radius 2 is 1.74 bits per heavy atom. The van der Waals surface area contributed by atoms with Crippen LogP contribution in [0.25, 0.3) is 0 Å². The van der Waals surface area contributed by atoms with Crippen molar-refractivity contribution in [3.05, 3.63) is 11.7 Å². The van der Waals surface area contributed by atoms with Crippen LogP contribution in [0.3, 0.4) is 0 Å². The van der Waals surface area contributed by atoms with Gasteiger partial charge in [-0.05, 0) is 18.3 Å². The topological polar surface area (TPSA) is 88.3 Å². The standard InChI is InChI=1S/C9H10F3N3O.C2HF3O2/c10-9(11,12)7-14-6(16-15-7)5-1-8(2-5)3-13-4-8;3-2(4,5)1(6)7/h5,13H,1-4H2;(H,6,7). The van der Waals surface area contributed by atoms with E-state index in [2.05, 4.69) is 20.0 Å². The number of nitrogens with zero attached hydrogens (tertiary/aromatic N) is 2. The maximum absolute atomic E-state index is 12.2. The van der Waals surface area contributed by atoms with Gasteiger partial charge in [0.2, 0.25) is 5.89 Å². The number of rotatable bonds is 1. The van der Waals surface area contributed by atoms with Crippen molar-refractivity contribution in [2.24, 2.45) is 5.41 Å². The van der Waals surface area contributed by atoms with Gasteiger partial charge in [-0.15, -0.1) is 0 Å².